The second-order valence-corrected chi connectivity index (χ2v) is 5.64. The van der Waals surface area contributed by atoms with E-state index in [1.54, 1.807) is 12.1 Å². The highest BCUT2D eigenvalue weighted by molar-refractivity contribution is 9.10. The van der Waals surface area contributed by atoms with Gasteiger partial charge < -0.3 is 15.5 Å². The zero-order valence-corrected chi connectivity index (χ0v) is 13.5. The monoisotopic (exact) mass is 369 g/mol. The van der Waals surface area contributed by atoms with Crippen molar-refractivity contribution in [3.05, 3.63) is 58.3 Å². The molecule has 23 heavy (non-hydrogen) atoms. The molecule has 3 rings (SSSR count). The summed E-state index contributed by atoms with van der Waals surface area (Å²) < 4.78 is 6.32. The quantitative estimate of drug-likeness (QED) is 0.728. The largest absolute Gasteiger partial charge is 0.463 e. The van der Waals surface area contributed by atoms with E-state index in [9.17, 15) is 5.26 Å². The third kappa shape index (κ3) is 3.33. The summed E-state index contributed by atoms with van der Waals surface area (Å²) >= 11 is 3.39. The van der Waals surface area contributed by atoms with Crippen LogP contribution in [0.2, 0.25) is 0 Å². The number of rotatable bonds is 4. The second kappa shape index (κ2) is 6.50. The number of hydrogen-bond acceptors (Lipinski definition) is 6. The lowest BCUT2D eigenvalue weighted by Gasteiger charge is -2.10. The van der Waals surface area contributed by atoms with Gasteiger partial charge in [0.05, 0.1) is 6.26 Å². The van der Waals surface area contributed by atoms with Crippen LogP contribution in [0.15, 0.2) is 51.6 Å². The Balaban J connectivity index is 1.92. The Morgan fingerprint density at radius 1 is 1.22 bits per heavy atom. The van der Waals surface area contributed by atoms with Crippen LogP contribution in [-0.4, -0.2) is 9.97 Å². The van der Waals surface area contributed by atoms with Crippen LogP contribution >= 0.6 is 15.9 Å². The molecule has 0 aliphatic heterocycles. The number of furan rings is 1. The molecule has 3 N–H and O–H groups in total. The Hall–Kier alpha value is -2.85. The van der Waals surface area contributed by atoms with Gasteiger partial charge in [0.1, 0.15) is 17.3 Å². The molecule has 7 heteroatoms. The van der Waals surface area contributed by atoms with Gasteiger partial charge in [0.15, 0.2) is 11.6 Å². The van der Waals surface area contributed by atoms with E-state index < -0.39 is 0 Å². The van der Waals surface area contributed by atoms with Gasteiger partial charge in [0.25, 0.3) is 0 Å². The molecule has 0 amide bonds. The Kier molecular flexibility index (Phi) is 4.26. The van der Waals surface area contributed by atoms with Crippen molar-refractivity contribution in [3.8, 4) is 17.5 Å². The fourth-order valence-corrected chi connectivity index (χ4v) is 2.36. The molecule has 6 nitrogen and oxygen atoms in total. The lowest BCUT2D eigenvalue weighted by molar-refractivity contribution is 0.580. The van der Waals surface area contributed by atoms with Crippen LogP contribution in [-0.2, 0) is 6.54 Å². The molecule has 0 spiro atoms. The highest BCUT2D eigenvalue weighted by Crippen LogP contribution is 2.27. The van der Waals surface area contributed by atoms with Crippen LogP contribution in [0.3, 0.4) is 0 Å². The molecule has 114 valence electrons. The second-order valence-electron chi connectivity index (χ2n) is 4.72. The number of nitriles is 1. The predicted octanol–water partition coefficient (Wildman–Crippen LogP) is 3.57. The normalized spacial score (nSPS) is 10.3. The molecule has 0 fully saturated rings. The maximum absolute atomic E-state index is 9.46. The summed E-state index contributed by atoms with van der Waals surface area (Å²) in [7, 11) is 0. The molecule has 2 aromatic heterocycles. The first-order valence-corrected chi connectivity index (χ1v) is 7.56. The number of halogens is 1. The van der Waals surface area contributed by atoms with E-state index in [0.29, 0.717) is 29.4 Å². The smallest absolute Gasteiger partial charge is 0.222 e. The van der Waals surface area contributed by atoms with Crippen LogP contribution in [0.4, 0.5) is 11.8 Å². The topological polar surface area (TPSA) is 101 Å². The summed E-state index contributed by atoms with van der Waals surface area (Å²) in [5.74, 6) is 0.936. The van der Waals surface area contributed by atoms with Crippen molar-refractivity contribution in [2.24, 2.45) is 0 Å². The summed E-state index contributed by atoms with van der Waals surface area (Å²) in [6.07, 6.45) is 1.52. The first-order chi connectivity index (χ1) is 11.2. The van der Waals surface area contributed by atoms with E-state index in [0.717, 1.165) is 10.0 Å². The first-order valence-electron chi connectivity index (χ1n) is 6.77. The zero-order valence-electron chi connectivity index (χ0n) is 12.0. The van der Waals surface area contributed by atoms with Gasteiger partial charge in [-0.15, -0.1) is 0 Å². The van der Waals surface area contributed by atoms with Gasteiger partial charge in [-0.3, -0.25) is 0 Å². The molecule has 0 aliphatic carbocycles. The van der Waals surface area contributed by atoms with Crippen molar-refractivity contribution in [3.63, 3.8) is 0 Å². The van der Waals surface area contributed by atoms with Crippen molar-refractivity contribution >= 4 is 27.7 Å². The summed E-state index contributed by atoms with van der Waals surface area (Å²) in [6.45, 7) is 0.510. The van der Waals surface area contributed by atoms with E-state index in [4.69, 9.17) is 10.2 Å². The van der Waals surface area contributed by atoms with Gasteiger partial charge in [-0.25, -0.2) is 4.98 Å². The molecule has 0 saturated heterocycles. The minimum atomic E-state index is 0.0775. The third-order valence-electron chi connectivity index (χ3n) is 3.17. The van der Waals surface area contributed by atoms with Crippen LogP contribution in [0.5, 0.6) is 0 Å². The molecule has 0 bridgehead atoms. The molecule has 0 aliphatic rings. The maximum atomic E-state index is 9.46. The number of hydrogen-bond donors (Lipinski definition) is 2. The standard InChI is InChI=1S/C16H12BrN5O/c17-11-5-3-10(4-6-11)9-20-15-12(8-18)14(21-16(19)22-15)13-2-1-7-23-13/h1-7H,9H2,(H3,19,20,21,22). The van der Waals surface area contributed by atoms with E-state index in [1.807, 2.05) is 24.3 Å². The molecular formula is C16H12BrN5O. The number of nitrogens with one attached hydrogen (secondary N) is 1. The molecule has 0 atom stereocenters. The van der Waals surface area contributed by atoms with Crippen molar-refractivity contribution in [2.45, 2.75) is 6.54 Å². The summed E-state index contributed by atoms with van der Waals surface area (Å²) in [5, 5.41) is 12.6. The van der Waals surface area contributed by atoms with Crippen LogP contribution in [0.25, 0.3) is 11.5 Å². The van der Waals surface area contributed by atoms with Gasteiger partial charge >= 0.3 is 0 Å². The molecular weight excluding hydrogens is 358 g/mol. The number of nitrogens with two attached hydrogens (primary N) is 1. The van der Waals surface area contributed by atoms with E-state index in [1.165, 1.54) is 6.26 Å². The average Bonchev–Trinajstić information content (AvgIpc) is 3.08. The number of anilines is 2. The van der Waals surface area contributed by atoms with Crippen LogP contribution < -0.4 is 11.1 Å². The molecule has 0 radical (unpaired) electrons. The molecule has 0 unspecified atom stereocenters. The lowest BCUT2D eigenvalue weighted by atomic mass is 10.1. The van der Waals surface area contributed by atoms with Crippen molar-refractivity contribution < 1.29 is 4.42 Å². The highest BCUT2D eigenvalue weighted by atomic mass is 79.9. The summed E-state index contributed by atoms with van der Waals surface area (Å²) in [5.41, 5.74) is 7.48. The van der Waals surface area contributed by atoms with E-state index >= 15 is 0 Å². The Labute approximate surface area is 141 Å². The highest BCUT2D eigenvalue weighted by Gasteiger charge is 2.16. The van der Waals surface area contributed by atoms with E-state index in [2.05, 4.69) is 37.3 Å². The molecule has 1 aromatic carbocycles. The lowest BCUT2D eigenvalue weighted by Crippen LogP contribution is -2.08. The number of benzene rings is 1. The third-order valence-corrected chi connectivity index (χ3v) is 3.69. The Morgan fingerprint density at radius 2 is 2.00 bits per heavy atom. The van der Waals surface area contributed by atoms with Crippen molar-refractivity contribution in [1.82, 2.24) is 9.97 Å². The van der Waals surface area contributed by atoms with Crippen LogP contribution in [0, 0.1) is 11.3 Å². The molecule has 2 heterocycles. The van der Waals surface area contributed by atoms with Gasteiger partial charge in [0.2, 0.25) is 5.95 Å². The fraction of sp³-hybridized carbons (Fsp3) is 0.0625. The van der Waals surface area contributed by atoms with Gasteiger partial charge in [-0.2, -0.15) is 10.2 Å². The molecule has 0 saturated carbocycles. The summed E-state index contributed by atoms with van der Waals surface area (Å²) in [4.78, 5) is 8.25. The Bertz CT molecular complexity index is 853. The van der Waals surface area contributed by atoms with Crippen molar-refractivity contribution in [1.29, 1.82) is 5.26 Å². The first kappa shape index (κ1) is 15.1. The van der Waals surface area contributed by atoms with Gasteiger partial charge in [0, 0.05) is 11.0 Å². The summed E-state index contributed by atoms with van der Waals surface area (Å²) in [6, 6.07) is 13.4. The van der Waals surface area contributed by atoms with Crippen LogP contribution in [0.1, 0.15) is 11.1 Å². The Morgan fingerprint density at radius 3 is 2.65 bits per heavy atom. The zero-order chi connectivity index (χ0) is 16.2. The predicted molar refractivity (Wildman–Crippen MR) is 90.3 cm³/mol. The number of nitrogen functional groups attached to an aromatic ring is 1. The number of aromatic nitrogens is 2. The fourth-order valence-electron chi connectivity index (χ4n) is 2.09. The van der Waals surface area contributed by atoms with Gasteiger partial charge in [-0.1, -0.05) is 28.1 Å². The van der Waals surface area contributed by atoms with Crippen molar-refractivity contribution in [2.75, 3.05) is 11.1 Å². The SMILES string of the molecule is N#Cc1c(NCc2ccc(Br)cc2)nc(N)nc1-c1ccco1. The van der Waals surface area contributed by atoms with Gasteiger partial charge in [-0.05, 0) is 29.8 Å². The minimum absolute atomic E-state index is 0.0775. The number of nitrogens with zero attached hydrogens (tertiary/aromatic N) is 3. The molecule has 3 aromatic rings. The average molecular weight is 370 g/mol. The minimum Gasteiger partial charge on any atom is -0.463 e. The van der Waals surface area contributed by atoms with E-state index in [-0.39, 0.29) is 5.95 Å². The maximum Gasteiger partial charge on any atom is 0.222 e.